The number of hydrogen-bond acceptors (Lipinski definition) is 3. The zero-order valence-corrected chi connectivity index (χ0v) is 8.63. The van der Waals surface area contributed by atoms with Crippen molar-refractivity contribution in [3.05, 3.63) is 23.9 Å². The number of halogens is 3. The van der Waals surface area contributed by atoms with E-state index in [9.17, 15) is 22.8 Å². The van der Waals surface area contributed by atoms with E-state index in [1.165, 1.54) is 6.07 Å². The zero-order valence-electron chi connectivity index (χ0n) is 8.63. The monoisotopic (exact) mass is 247 g/mol. The maximum Gasteiger partial charge on any atom is 0.471 e. The number of aryl methyl sites for hydroxylation is 1. The molecule has 2 N–H and O–H groups in total. The molecule has 0 aromatic carbocycles. The Labute approximate surface area is 94.0 Å². The number of carbonyl (C=O) groups excluding carboxylic acids is 2. The highest BCUT2D eigenvalue weighted by molar-refractivity contribution is 6.02. The number of imide groups is 1. The third-order valence-corrected chi connectivity index (χ3v) is 1.61. The fraction of sp³-hybridized carbons (Fsp3) is 0.222. The van der Waals surface area contributed by atoms with Gasteiger partial charge in [-0.2, -0.15) is 13.2 Å². The lowest BCUT2D eigenvalue weighted by atomic mass is 10.4. The molecule has 92 valence electrons. The van der Waals surface area contributed by atoms with Crippen LogP contribution < -0.4 is 10.6 Å². The number of aromatic nitrogens is 1. The number of carbonyl (C=O) groups is 2. The highest BCUT2D eigenvalue weighted by atomic mass is 19.4. The summed E-state index contributed by atoms with van der Waals surface area (Å²) in [6, 6.07) is 3.29. The van der Waals surface area contributed by atoms with Crippen LogP contribution in [-0.2, 0) is 4.79 Å². The minimum atomic E-state index is -5.10. The summed E-state index contributed by atoms with van der Waals surface area (Å²) in [5.41, 5.74) is 0.574. The lowest BCUT2D eigenvalue weighted by Crippen LogP contribution is -2.42. The molecule has 0 unspecified atom stereocenters. The van der Waals surface area contributed by atoms with E-state index in [2.05, 4.69) is 4.98 Å². The van der Waals surface area contributed by atoms with Crippen LogP contribution >= 0.6 is 0 Å². The van der Waals surface area contributed by atoms with Gasteiger partial charge in [-0.1, -0.05) is 6.07 Å². The van der Waals surface area contributed by atoms with E-state index in [-0.39, 0.29) is 5.82 Å². The van der Waals surface area contributed by atoms with Gasteiger partial charge in [0.25, 0.3) is 0 Å². The van der Waals surface area contributed by atoms with Gasteiger partial charge < -0.3 is 0 Å². The standard InChI is InChI=1S/C9H8F3N3O2/c1-5-3-2-4-6(13-5)14-8(17)15-7(16)9(10,11)12/h2-4H,1H3,(H2,13,14,15,16,17). The number of urea groups is 1. The normalized spacial score (nSPS) is 10.8. The predicted octanol–water partition coefficient (Wildman–Crippen LogP) is 1.60. The Hall–Kier alpha value is -2.12. The van der Waals surface area contributed by atoms with E-state index in [4.69, 9.17) is 0 Å². The molecule has 1 aromatic heterocycles. The number of alkyl halides is 3. The average molecular weight is 247 g/mol. The number of nitrogens with zero attached hydrogens (tertiary/aromatic N) is 1. The lowest BCUT2D eigenvalue weighted by molar-refractivity contribution is -0.172. The molecule has 0 radical (unpaired) electrons. The van der Waals surface area contributed by atoms with Crippen LogP contribution in [0.15, 0.2) is 18.2 Å². The number of hydrogen-bond donors (Lipinski definition) is 2. The van der Waals surface area contributed by atoms with Gasteiger partial charge in [-0.15, -0.1) is 0 Å². The molecule has 0 saturated carbocycles. The second-order valence-corrected chi connectivity index (χ2v) is 3.07. The number of amides is 3. The first-order chi connectivity index (χ1) is 7.79. The fourth-order valence-electron chi connectivity index (χ4n) is 0.934. The summed E-state index contributed by atoms with van der Waals surface area (Å²) < 4.78 is 35.4. The molecule has 5 nitrogen and oxygen atoms in total. The van der Waals surface area contributed by atoms with Gasteiger partial charge in [-0.3, -0.25) is 15.4 Å². The SMILES string of the molecule is Cc1cccc(NC(=O)NC(=O)C(F)(F)F)n1. The van der Waals surface area contributed by atoms with Crippen LogP contribution in [0.5, 0.6) is 0 Å². The molecular formula is C9H8F3N3O2. The molecule has 0 aliphatic heterocycles. The smallest absolute Gasteiger partial charge is 0.292 e. The Morgan fingerprint density at radius 2 is 1.94 bits per heavy atom. The van der Waals surface area contributed by atoms with Crippen LogP contribution in [0.3, 0.4) is 0 Å². The second kappa shape index (κ2) is 4.81. The van der Waals surface area contributed by atoms with Crippen molar-refractivity contribution in [2.75, 3.05) is 5.32 Å². The number of nitrogens with one attached hydrogen (secondary N) is 2. The first kappa shape index (κ1) is 12.9. The molecule has 1 rings (SSSR count). The van der Waals surface area contributed by atoms with E-state index in [0.29, 0.717) is 5.69 Å². The molecule has 17 heavy (non-hydrogen) atoms. The summed E-state index contributed by atoms with van der Waals surface area (Å²) in [6.45, 7) is 1.64. The number of rotatable bonds is 1. The largest absolute Gasteiger partial charge is 0.471 e. The first-order valence-corrected chi connectivity index (χ1v) is 4.42. The molecule has 0 saturated heterocycles. The summed E-state index contributed by atoms with van der Waals surface area (Å²) in [6.07, 6.45) is -5.10. The van der Waals surface area contributed by atoms with Gasteiger partial charge in [-0.05, 0) is 19.1 Å². The van der Waals surface area contributed by atoms with Crippen LogP contribution in [0.1, 0.15) is 5.69 Å². The molecule has 3 amide bonds. The molecule has 0 fully saturated rings. The quantitative estimate of drug-likeness (QED) is 0.791. The van der Waals surface area contributed by atoms with Crippen molar-refractivity contribution in [2.24, 2.45) is 0 Å². The Kier molecular flexibility index (Phi) is 3.66. The van der Waals surface area contributed by atoms with Crippen LogP contribution in [-0.4, -0.2) is 23.1 Å². The van der Waals surface area contributed by atoms with E-state index < -0.39 is 18.1 Å². The van der Waals surface area contributed by atoms with Gasteiger partial charge in [-0.25, -0.2) is 9.78 Å². The minimum Gasteiger partial charge on any atom is -0.292 e. The molecule has 0 spiro atoms. The molecule has 0 bridgehead atoms. The summed E-state index contributed by atoms with van der Waals surface area (Å²) >= 11 is 0. The Balaban J connectivity index is 2.59. The second-order valence-electron chi connectivity index (χ2n) is 3.07. The number of pyridine rings is 1. The van der Waals surface area contributed by atoms with Crippen molar-refractivity contribution in [3.8, 4) is 0 Å². The van der Waals surface area contributed by atoms with Gasteiger partial charge in [0, 0.05) is 5.69 Å². The maximum atomic E-state index is 11.8. The average Bonchev–Trinajstić information content (AvgIpc) is 2.15. The van der Waals surface area contributed by atoms with Crippen LogP contribution in [0.2, 0.25) is 0 Å². The van der Waals surface area contributed by atoms with E-state index >= 15 is 0 Å². The fourth-order valence-corrected chi connectivity index (χ4v) is 0.934. The predicted molar refractivity (Wildman–Crippen MR) is 52.2 cm³/mol. The van der Waals surface area contributed by atoms with E-state index in [1.807, 2.05) is 5.32 Å². The van der Waals surface area contributed by atoms with Crippen molar-refractivity contribution in [2.45, 2.75) is 13.1 Å². The lowest BCUT2D eigenvalue weighted by Gasteiger charge is -2.08. The Morgan fingerprint density at radius 1 is 1.29 bits per heavy atom. The van der Waals surface area contributed by atoms with Crippen molar-refractivity contribution < 1.29 is 22.8 Å². The van der Waals surface area contributed by atoms with Gasteiger partial charge in [0.2, 0.25) is 0 Å². The van der Waals surface area contributed by atoms with Gasteiger partial charge >= 0.3 is 18.1 Å². The Bertz CT molecular complexity index is 445. The first-order valence-electron chi connectivity index (χ1n) is 4.42. The highest BCUT2D eigenvalue weighted by Crippen LogP contribution is 2.14. The topological polar surface area (TPSA) is 71.1 Å². The van der Waals surface area contributed by atoms with Crippen LogP contribution in [0.4, 0.5) is 23.8 Å². The van der Waals surface area contributed by atoms with Crippen LogP contribution in [0.25, 0.3) is 0 Å². The van der Waals surface area contributed by atoms with Crippen molar-refractivity contribution in [1.29, 1.82) is 0 Å². The molecule has 8 heteroatoms. The zero-order chi connectivity index (χ0) is 13.1. The van der Waals surface area contributed by atoms with Crippen molar-refractivity contribution >= 4 is 17.8 Å². The van der Waals surface area contributed by atoms with Crippen molar-refractivity contribution in [1.82, 2.24) is 10.3 Å². The molecule has 0 atom stereocenters. The molecule has 0 aliphatic rings. The number of anilines is 1. The van der Waals surface area contributed by atoms with Crippen molar-refractivity contribution in [3.63, 3.8) is 0 Å². The molecule has 0 aliphatic carbocycles. The van der Waals surface area contributed by atoms with E-state index in [1.54, 1.807) is 19.1 Å². The maximum absolute atomic E-state index is 11.8. The summed E-state index contributed by atoms with van der Waals surface area (Å²) in [7, 11) is 0. The third kappa shape index (κ3) is 4.09. The third-order valence-electron chi connectivity index (χ3n) is 1.61. The molecular weight excluding hydrogens is 239 g/mol. The summed E-state index contributed by atoms with van der Waals surface area (Å²) in [5.74, 6) is -2.28. The minimum absolute atomic E-state index is 0.0532. The molecule has 1 aromatic rings. The summed E-state index contributed by atoms with van der Waals surface area (Å²) in [5, 5.41) is 3.14. The van der Waals surface area contributed by atoms with Gasteiger partial charge in [0.1, 0.15) is 5.82 Å². The summed E-state index contributed by atoms with van der Waals surface area (Å²) in [4.78, 5) is 25.2. The van der Waals surface area contributed by atoms with Gasteiger partial charge in [0.05, 0.1) is 0 Å². The molecule has 1 heterocycles. The Morgan fingerprint density at radius 3 is 2.47 bits per heavy atom. The highest BCUT2D eigenvalue weighted by Gasteiger charge is 2.39. The van der Waals surface area contributed by atoms with E-state index in [0.717, 1.165) is 5.32 Å². The van der Waals surface area contributed by atoms with Gasteiger partial charge in [0.15, 0.2) is 0 Å². The van der Waals surface area contributed by atoms with Crippen LogP contribution in [0, 0.1) is 6.92 Å².